The standard InChI is InChI=1S/C13H20N6O2/c1-8(2)20-13-16-11(18-14)15-12(17-13)19(4)7-10-6-5-9(3)21-10/h5-6,8H,7,14H2,1-4H3,(H,15,16,17,18). The van der Waals surface area contributed by atoms with Gasteiger partial charge >= 0.3 is 6.01 Å². The van der Waals surface area contributed by atoms with Gasteiger partial charge < -0.3 is 14.1 Å². The van der Waals surface area contributed by atoms with E-state index in [2.05, 4.69) is 20.4 Å². The molecule has 8 heteroatoms. The smallest absolute Gasteiger partial charge is 0.323 e. The van der Waals surface area contributed by atoms with Crippen molar-refractivity contribution in [3.63, 3.8) is 0 Å². The molecule has 0 saturated heterocycles. The van der Waals surface area contributed by atoms with E-state index in [4.69, 9.17) is 15.0 Å². The zero-order valence-corrected chi connectivity index (χ0v) is 12.6. The average Bonchev–Trinajstić information content (AvgIpc) is 2.82. The molecule has 21 heavy (non-hydrogen) atoms. The second-order valence-electron chi connectivity index (χ2n) is 4.92. The van der Waals surface area contributed by atoms with Crippen LogP contribution in [-0.2, 0) is 6.54 Å². The first-order valence-corrected chi connectivity index (χ1v) is 6.63. The molecule has 0 atom stereocenters. The van der Waals surface area contributed by atoms with Crippen LogP contribution in [0.4, 0.5) is 11.9 Å². The molecule has 0 bridgehead atoms. The number of nitrogens with one attached hydrogen (secondary N) is 1. The highest BCUT2D eigenvalue weighted by atomic mass is 16.5. The number of nitrogens with zero attached hydrogens (tertiary/aromatic N) is 4. The van der Waals surface area contributed by atoms with E-state index in [1.165, 1.54) is 0 Å². The molecule has 0 unspecified atom stereocenters. The molecule has 0 radical (unpaired) electrons. The van der Waals surface area contributed by atoms with Crippen molar-refractivity contribution < 1.29 is 9.15 Å². The second-order valence-corrected chi connectivity index (χ2v) is 4.92. The molecule has 0 saturated carbocycles. The third-order valence-corrected chi connectivity index (χ3v) is 2.60. The van der Waals surface area contributed by atoms with Crippen molar-refractivity contribution in [1.29, 1.82) is 0 Å². The van der Waals surface area contributed by atoms with Crippen molar-refractivity contribution in [1.82, 2.24) is 15.0 Å². The maximum absolute atomic E-state index is 5.54. The van der Waals surface area contributed by atoms with Gasteiger partial charge in [0.15, 0.2) is 0 Å². The highest BCUT2D eigenvalue weighted by Crippen LogP contribution is 2.17. The van der Waals surface area contributed by atoms with Gasteiger partial charge in [0, 0.05) is 7.05 Å². The van der Waals surface area contributed by atoms with Gasteiger partial charge in [-0.05, 0) is 32.9 Å². The number of hydrazine groups is 1. The van der Waals surface area contributed by atoms with E-state index in [0.29, 0.717) is 12.5 Å². The van der Waals surface area contributed by atoms with Gasteiger partial charge in [-0.25, -0.2) is 5.84 Å². The van der Waals surface area contributed by atoms with Gasteiger partial charge in [-0.1, -0.05) is 0 Å². The number of hydrogen-bond donors (Lipinski definition) is 2. The summed E-state index contributed by atoms with van der Waals surface area (Å²) in [6, 6.07) is 4.06. The van der Waals surface area contributed by atoms with E-state index in [1.54, 1.807) is 0 Å². The first-order valence-electron chi connectivity index (χ1n) is 6.63. The van der Waals surface area contributed by atoms with Crippen molar-refractivity contribution in [2.45, 2.75) is 33.4 Å². The second kappa shape index (κ2) is 6.40. The van der Waals surface area contributed by atoms with Gasteiger partial charge in [0.1, 0.15) is 11.5 Å². The van der Waals surface area contributed by atoms with Crippen LogP contribution in [0.1, 0.15) is 25.4 Å². The van der Waals surface area contributed by atoms with Crippen LogP contribution in [0.3, 0.4) is 0 Å². The van der Waals surface area contributed by atoms with Crippen molar-refractivity contribution in [3.8, 4) is 6.01 Å². The van der Waals surface area contributed by atoms with E-state index in [9.17, 15) is 0 Å². The Labute approximate surface area is 123 Å². The lowest BCUT2D eigenvalue weighted by Crippen LogP contribution is -2.22. The lowest BCUT2D eigenvalue weighted by molar-refractivity contribution is 0.222. The number of furan rings is 1. The predicted molar refractivity (Wildman–Crippen MR) is 79.0 cm³/mol. The Bertz CT molecular complexity index is 598. The van der Waals surface area contributed by atoms with Crippen molar-refractivity contribution in [3.05, 3.63) is 23.7 Å². The highest BCUT2D eigenvalue weighted by Gasteiger charge is 2.13. The monoisotopic (exact) mass is 292 g/mol. The van der Waals surface area contributed by atoms with Crippen molar-refractivity contribution in [2.24, 2.45) is 5.84 Å². The zero-order valence-electron chi connectivity index (χ0n) is 12.6. The molecule has 0 aliphatic carbocycles. The largest absolute Gasteiger partial charge is 0.464 e. The van der Waals surface area contributed by atoms with Gasteiger partial charge in [0.2, 0.25) is 11.9 Å². The van der Waals surface area contributed by atoms with Crippen LogP contribution in [0.15, 0.2) is 16.5 Å². The van der Waals surface area contributed by atoms with Crippen LogP contribution in [0.2, 0.25) is 0 Å². The molecule has 2 aromatic heterocycles. The number of rotatable bonds is 6. The molecule has 0 aliphatic heterocycles. The minimum Gasteiger partial charge on any atom is -0.464 e. The first-order chi connectivity index (χ1) is 9.97. The fraction of sp³-hybridized carbons (Fsp3) is 0.462. The molecule has 0 amide bonds. The van der Waals surface area contributed by atoms with Gasteiger partial charge in [0.25, 0.3) is 0 Å². The topological polar surface area (TPSA) is 102 Å². The number of aromatic nitrogens is 3. The summed E-state index contributed by atoms with van der Waals surface area (Å²) in [5.74, 6) is 7.76. The number of aryl methyl sites for hydroxylation is 1. The maximum Gasteiger partial charge on any atom is 0.323 e. The number of nitrogens with two attached hydrogens (primary N) is 1. The fourth-order valence-corrected chi connectivity index (χ4v) is 1.72. The summed E-state index contributed by atoms with van der Waals surface area (Å²) in [5, 5.41) is 0. The van der Waals surface area contributed by atoms with E-state index < -0.39 is 0 Å². The first kappa shape index (κ1) is 15.0. The molecule has 3 N–H and O–H groups in total. The lowest BCUT2D eigenvalue weighted by Gasteiger charge is -2.17. The number of nitrogen functional groups attached to an aromatic ring is 1. The summed E-state index contributed by atoms with van der Waals surface area (Å²) in [6.07, 6.45) is -0.0381. The third kappa shape index (κ3) is 4.06. The quantitative estimate of drug-likeness (QED) is 0.609. The molecule has 8 nitrogen and oxygen atoms in total. The zero-order chi connectivity index (χ0) is 15.4. The Balaban J connectivity index is 2.20. The summed E-state index contributed by atoms with van der Waals surface area (Å²) in [4.78, 5) is 14.4. The van der Waals surface area contributed by atoms with E-state index in [0.717, 1.165) is 11.5 Å². The summed E-state index contributed by atoms with van der Waals surface area (Å²) in [5.41, 5.74) is 2.41. The Kier molecular flexibility index (Phi) is 4.59. The predicted octanol–water partition coefficient (Wildman–Crippen LogP) is 1.48. The van der Waals surface area contributed by atoms with Crippen LogP contribution in [0, 0.1) is 6.92 Å². The van der Waals surface area contributed by atoms with E-state index in [1.807, 2.05) is 44.9 Å². The van der Waals surface area contributed by atoms with Crippen LogP contribution in [0.5, 0.6) is 6.01 Å². The molecular weight excluding hydrogens is 272 g/mol. The number of hydrogen-bond acceptors (Lipinski definition) is 8. The molecule has 0 spiro atoms. The van der Waals surface area contributed by atoms with Crippen LogP contribution in [-0.4, -0.2) is 28.1 Å². The summed E-state index contributed by atoms with van der Waals surface area (Å²) in [6.45, 7) is 6.23. The number of anilines is 2. The Hall–Kier alpha value is -2.35. The van der Waals surface area contributed by atoms with Crippen molar-refractivity contribution in [2.75, 3.05) is 17.4 Å². The maximum atomic E-state index is 5.54. The average molecular weight is 292 g/mol. The molecule has 2 rings (SSSR count). The van der Waals surface area contributed by atoms with Gasteiger partial charge in [-0.2, -0.15) is 15.0 Å². The van der Waals surface area contributed by atoms with Gasteiger partial charge in [-0.15, -0.1) is 0 Å². The Morgan fingerprint density at radius 1 is 1.33 bits per heavy atom. The third-order valence-electron chi connectivity index (χ3n) is 2.60. The van der Waals surface area contributed by atoms with E-state index in [-0.39, 0.29) is 18.1 Å². The minimum atomic E-state index is -0.0381. The molecule has 2 heterocycles. The lowest BCUT2D eigenvalue weighted by atomic mass is 10.4. The molecule has 0 fully saturated rings. The summed E-state index contributed by atoms with van der Waals surface area (Å²) >= 11 is 0. The van der Waals surface area contributed by atoms with Crippen LogP contribution < -0.4 is 20.9 Å². The normalized spacial score (nSPS) is 10.8. The summed E-state index contributed by atoms with van der Waals surface area (Å²) in [7, 11) is 1.85. The molecule has 0 aromatic carbocycles. The molecule has 0 aliphatic rings. The van der Waals surface area contributed by atoms with Crippen LogP contribution in [0.25, 0.3) is 0 Å². The Morgan fingerprint density at radius 2 is 2.10 bits per heavy atom. The Morgan fingerprint density at radius 3 is 2.67 bits per heavy atom. The highest BCUT2D eigenvalue weighted by molar-refractivity contribution is 5.37. The molecular formula is C13H20N6O2. The van der Waals surface area contributed by atoms with Crippen LogP contribution >= 0.6 is 0 Å². The summed E-state index contributed by atoms with van der Waals surface area (Å²) < 4.78 is 11.0. The van der Waals surface area contributed by atoms with Crippen molar-refractivity contribution >= 4 is 11.9 Å². The minimum absolute atomic E-state index is 0.0381. The SMILES string of the molecule is Cc1ccc(CN(C)c2nc(NN)nc(OC(C)C)n2)o1. The molecule has 2 aromatic rings. The van der Waals surface area contributed by atoms with Gasteiger partial charge in [0.05, 0.1) is 12.6 Å². The van der Waals surface area contributed by atoms with Gasteiger partial charge in [-0.3, -0.25) is 5.43 Å². The number of ether oxygens (including phenoxy) is 1. The fourth-order valence-electron chi connectivity index (χ4n) is 1.72. The van der Waals surface area contributed by atoms with E-state index >= 15 is 0 Å². The molecule has 114 valence electrons.